The van der Waals surface area contributed by atoms with Crippen molar-refractivity contribution in [2.45, 2.75) is 6.92 Å². The van der Waals surface area contributed by atoms with Gasteiger partial charge in [-0.3, -0.25) is 9.36 Å². The Morgan fingerprint density at radius 2 is 1.88 bits per heavy atom. The largest absolute Gasteiger partial charge is 0.336 e. The molecule has 25 heavy (non-hydrogen) atoms. The van der Waals surface area contributed by atoms with Gasteiger partial charge in [0.2, 0.25) is 0 Å². The molecule has 0 atom stereocenters. The Morgan fingerprint density at radius 1 is 1.08 bits per heavy atom. The van der Waals surface area contributed by atoms with Crippen molar-refractivity contribution in [3.63, 3.8) is 0 Å². The number of pyridine rings is 1. The molecule has 0 radical (unpaired) electrons. The van der Waals surface area contributed by atoms with E-state index in [1.807, 2.05) is 46.7 Å². The standard InChI is InChI=1S/C19H21N5O/c1-14-5-6-15(19(25)23-10-8-22(2)9-11-23)12-17(14)24-13-21-16-4-3-7-20-18(16)24/h3-7,12-13H,8-11H2,1-2H3. The van der Waals surface area contributed by atoms with Crippen molar-refractivity contribution in [2.24, 2.45) is 0 Å². The van der Waals surface area contributed by atoms with Crippen molar-refractivity contribution >= 4 is 17.1 Å². The number of benzene rings is 1. The van der Waals surface area contributed by atoms with Crippen molar-refractivity contribution in [3.8, 4) is 5.69 Å². The molecule has 0 saturated carbocycles. The maximum Gasteiger partial charge on any atom is 0.254 e. The van der Waals surface area contributed by atoms with Crippen molar-refractivity contribution in [3.05, 3.63) is 54.0 Å². The molecule has 4 rings (SSSR count). The van der Waals surface area contributed by atoms with Crippen LogP contribution in [-0.4, -0.2) is 63.5 Å². The molecule has 1 aliphatic rings. The number of hydrogen-bond acceptors (Lipinski definition) is 4. The zero-order valence-corrected chi connectivity index (χ0v) is 14.5. The van der Waals surface area contributed by atoms with Crippen LogP contribution in [0.4, 0.5) is 0 Å². The van der Waals surface area contributed by atoms with Crippen molar-refractivity contribution in [1.29, 1.82) is 0 Å². The normalized spacial score (nSPS) is 15.7. The van der Waals surface area contributed by atoms with Gasteiger partial charge in [-0.1, -0.05) is 6.07 Å². The van der Waals surface area contributed by atoms with E-state index in [4.69, 9.17) is 0 Å². The molecule has 1 aliphatic heterocycles. The van der Waals surface area contributed by atoms with E-state index in [-0.39, 0.29) is 5.91 Å². The fraction of sp³-hybridized carbons (Fsp3) is 0.316. The molecule has 0 bridgehead atoms. The zero-order chi connectivity index (χ0) is 17.4. The molecular weight excluding hydrogens is 314 g/mol. The molecular formula is C19H21N5O. The Bertz CT molecular complexity index is 924. The van der Waals surface area contributed by atoms with Gasteiger partial charge in [-0.15, -0.1) is 0 Å². The lowest BCUT2D eigenvalue weighted by atomic mass is 10.1. The maximum atomic E-state index is 12.9. The van der Waals surface area contributed by atoms with Crippen LogP contribution in [-0.2, 0) is 0 Å². The second-order valence-electron chi connectivity index (χ2n) is 6.56. The third-order valence-corrected chi connectivity index (χ3v) is 4.81. The van der Waals surface area contributed by atoms with E-state index in [0.717, 1.165) is 48.6 Å². The second kappa shape index (κ2) is 6.29. The maximum absolute atomic E-state index is 12.9. The van der Waals surface area contributed by atoms with E-state index >= 15 is 0 Å². The Hall–Kier alpha value is -2.73. The van der Waals surface area contributed by atoms with Gasteiger partial charge in [0, 0.05) is 37.9 Å². The molecule has 6 nitrogen and oxygen atoms in total. The molecule has 0 unspecified atom stereocenters. The van der Waals surface area contributed by atoms with Crippen LogP contribution in [0.5, 0.6) is 0 Å². The van der Waals surface area contributed by atoms with Gasteiger partial charge in [-0.05, 0) is 43.8 Å². The van der Waals surface area contributed by atoms with Crippen LogP contribution >= 0.6 is 0 Å². The fourth-order valence-corrected chi connectivity index (χ4v) is 3.22. The van der Waals surface area contributed by atoms with Gasteiger partial charge in [-0.25, -0.2) is 9.97 Å². The van der Waals surface area contributed by atoms with Gasteiger partial charge in [0.25, 0.3) is 5.91 Å². The van der Waals surface area contributed by atoms with E-state index in [2.05, 4.69) is 21.9 Å². The molecule has 2 aromatic heterocycles. The Morgan fingerprint density at radius 3 is 2.68 bits per heavy atom. The van der Waals surface area contributed by atoms with E-state index in [9.17, 15) is 4.79 Å². The number of carbonyl (C=O) groups excluding carboxylic acids is 1. The molecule has 0 N–H and O–H groups in total. The monoisotopic (exact) mass is 335 g/mol. The molecule has 6 heteroatoms. The number of likely N-dealkylation sites (N-methyl/N-ethyl adjacent to an activating group) is 1. The Kier molecular flexibility index (Phi) is 3.97. The summed E-state index contributed by atoms with van der Waals surface area (Å²) in [6.07, 6.45) is 3.53. The van der Waals surface area contributed by atoms with Gasteiger partial charge in [-0.2, -0.15) is 0 Å². The molecule has 1 saturated heterocycles. The summed E-state index contributed by atoms with van der Waals surface area (Å²) < 4.78 is 1.95. The minimum absolute atomic E-state index is 0.0896. The highest BCUT2D eigenvalue weighted by molar-refractivity contribution is 5.95. The summed E-state index contributed by atoms with van der Waals surface area (Å²) in [6, 6.07) is 9.67. The Labute approximate surface area is 146 Å². The average Bonchev–Trinajstić information content (AvgIpc) is 3.06. The highest BCUT2D eigenvalue weighted by Gasteiger charge is 2.21. The summed E-state index contributed by atoms with van der Waals surface area (Å²) in [6.45, 7) is 5.41. The summed E-state index contributed by atoms with van der Waals surface area (Å²) in [4.78, 5) is 25.9. The number of rotatable bonds is 2. The first-order valence-corrected chi connectivity index (χ1v) is 8.50. The minimum atomic E-state index is 0.0896. The van der Waals surface area contributed by atoms with Crippen LogP contribution in [0.2, 0.25) is 0 Å². The van der Waals surface area contributed by atoms with Crippen LogP contribution in [0.3, 0.4) is 0 Å². The van der Waals surface area contributed by atoms with E-state index in [0.29, 0.717) is 5.56 Å². The molecule has 0 aliphatic carbocycles. The molecule has 1 aromatic carbocycles. The number of hydrogen-bond donors (Lipinski definition) is 0. The van der Waals surface area contributed by atoms with E-state index < -0.39 is 0 Å². The predicted molar refractivity (Wildman–Crippen MR) is 97.0 cm³/mol. The number of nitrogens with zero attached hydrogens (tertiary/aromatic N) is 5. The number of imidazole rings is 1. The first-order valence-electron chi connectivity index (χ1n) is 8.50. The third kappa shape index (κ3) is 2.89. The lowest BCUT2D eigenvalue weighted by Gasteiger charge is -2.32. The molecule has 0 spiro atoms. The SMILES string of the molecule is Cc1ccc(C(=O)N2CCN(C)CC2)cc1-n1cnc2cccnc21. The number of carbonyl (C=O) groups is 1. The third-order valence-electron chi connectivity index (χ3n) is 4.81. The number of fused-ring (bicyclic) bond motifs is 1. The highest BCUT2D eigenvalue weighted by atomic mass is 16.2. The van der Waals surface area contributed by atoms with Crippen LogP contribution in [0.15, 0.2) is 42.9 Å². The van der Waals surface area contributed by atoms with Crippen LogP contribution in [0.1, 0.15) is 15.9 Å². The summed E-state index contributed by atoms with van der Waals surface area (Å²) in [5.41, 5.74) is 4.39. The summed E-state index contributed by atoms with van der Waals surface area (Å²) in [7, 11) is 2.09. The van der Waals surface area contributed by atoms with E-state index in [1.165, 1.54) is 0 Å². The summed E-state index contributed by atoms with van der Waals surface area (Å²) >= 11 is 0. The smallest absolute Gasteiger partial charge is 0.254 e. The molecule has 3 aromatic rings. The first-order chi connectivity index (χ1) is 12.1. The molecule has 128 valence electrons. The van der Waals surface area contributed by atoms with Gasteiger partial charge < -0.3 is 9.80 Å². The highest BCUT2D eigenvalue weighted by Crippen LogP contribution is 2.21. The molecule has 1 fully saturated rings. The average molecular weight is 335 g/mol. The van der Waals surface area contributed by atoms with Gasteiger partial charge in [0.05, 0.1) is 5.69 Å². The number of amides is 1. The quantitative estimate of drug-likeness (QED) is 0.720. The van der Waals surface area contributed by atoms with Crippen LogP contribution in [0, 0.1) is 6.92 Å². The topological polar surface area (TPSA) is 54.3 Å². The van der Waals surface area contributed by atoms with Gasteiger partial charge >= 0.3 is 0 Å². The molecule has 1 amide bonds. The van der Waals surface area contributed by atoms with Crippen molar-refractivity contribution in [1.82, 2.24) is 24.3 Å². The second-order valence-corrected chi connectivity index (χ2v) is 6.56. The summed E-state index contributed by atoms with van der Waals surface area (Å²) in [5.74, 6) is 0.0896. The lowest BCUT2D eigenvalue weighted by molar-refractivity contribution is 0.0664. The first kappa shape index (κ1) is 15.8. The number of aromatic nitrogens is 3. The number of aryl methyl sites for hydroxylation is 1. The minimum Gasteiger partial charge on any atom is -0.336 e. The van der Waals surface area contributed by atoms with Gasteiger partial charge in [0.1, 0.15) is 11.8 Å². The van der Waals surface area contributed by atoms with E-state index in [1.54, 1.807) is 12.5 Å². The lowest BCUT2D eigenvalue weighted by Crippen LogP contribution is -2.47. The van der Waals surface area contributed by atoms with Crippen molar-refractivity contribution in [2.75, 3.05) is 33.2 Å². The van der Waals surface area contributed by atoms with Crippen LogP contribution < -0.4 is 0 Å². The van der Waals surface area contributed by atoms with Crippen LogP contribution in [0.25, 0.3) is 16.9 Å². The predicted octanol–water partition coefficient (Wildman–Crippen LogP) is 2.12. The summed E-state index contributed by atoms with van der Waals surface area (Å²) in [5, 5.41) is 0. The fourth-order valence-electron chi connectivity index (χ4n) is 3.22. The zero-order valence-electron chi connectivity index (χ0n) is 14.5. The number of piperazine rings is 1. The molecule has 3 heterocycles. The van der Waals surface area contributed by atoms with Crippen molar-refractivity contribution < 1.29 is 4.79 Å². The van der Waals surface area contributed by atoms with Gasteiger partial charge in [0.15, 0.2) is 5.65 Å². The Balaban J connectivity index is 1.70.